The molecule has 5 nitrogen and oxygen atoms in total. The Hall–Kier alpha value is -3.57. The molecule has 0 spiro atoms. The number of fused-ring (bicyclic) bond motifs is 1. The molecular weight excluding hydrogens is 446 g/mol. The van der Waals surface area contributed by atoms with Crippen LogP contribution in [0.4, 0.5) is 0 Å². The second-order valence-electron chi connectivity index (χ2n) is 8.07. The van der Waals surface area contributed by atoms with Crippen LogP contribution in [0.2, 0.25) is 5.02 Å². The number of nitrogens with one attached hydrogen (secondary N) is 1. The van der Waals surface area contributed by atoms with E-state index in [0.29, 0.717) is 17.4 Å². The number of rotatable bonds is 10. The van der Waals surface area contributed by atoms with Gasteiger partial charge in [-0.25, -0.2) is 4.98 Å². The number of benzene rings is 3. The first-order chi connectivity index (χ1) is 16.6. The number of carbonyl (C=O) groups is 1. The van der Waals surface area contributed by atoms with Gasteiger partial charge in [0.05, 0.1) is 28.7 Å². The summed E-state index contributed by atoms with van der Waals surface area (Å²) < 4.78 is 8.01. The summed E-state index contributed by atoms with van der Waals surface area (Å²) in [6.45, 7) is 3.33. The molecule has 1 unspecified atom stereocenters. The Morgan fingerprint density at radius 3 is 2.59 bits per heavy atom. The highest BCUT2D eigenvalue weighted by molar-refractivity contribution is 6.32. The average Bonchev–Trinajstić information content (AvgIpc) is 3.23. The Labute approximate surface area is 205 Å². The predicted octanol–water partition coefficient (Wildman–Crippen LogP) is 6.44. The molecular formula is C28H28ClN3O2. The summed E-state index contributed by atoms with van der Waals surface area (Å²) in [7, 11) is 0. The minimum absolute atomic E-state index is 0.150. The van der Waals surface area contributed by atoms with Crippen molar-refractivity contribution >= 4 is 34.6 Å². The van der Waals surface area contributed by atoms with Gasteiger partial charge in [0, 0.05) is 12.6 Å². The van der Waals surface area contributed by atoms with E-state index < -0.39 is 0 Å². The van der Waals surface area contributed by atoms with Crippen LogP contribution in [-0.2, 0) is 11.3 Å². The van der Waals surface area contributed by atoms with E-state index in [1.807, 2.05) is 85.8 Å². The monoisotopic (exact) mass is 473 g/mol. The number of hydrogen-bond donors (Lipinski definition) is 1. The molecule has 6 heteroatoms. The lowest BCUT2D eigenvalue weighted by atomic mass is 10.2. The van der Waals surface area contributed by atoms with Crippen LogP contribution in [0, 0.1) is 0 Å². The molecule has 4 aromatic rings. The van der Waals surface area contributed by atoms with Crippen molar-refractivity contribution in [3.8, 4) is 5.75 Å². The van der Waals surface area contributed by atoms with E-state index in [1.165, 1.54) is 0 Å². The zero-order valence-corrected chi connectivity index (χ0v) is 19.9. The van der Waals surface area contributed by atoms with E-state index in [1.54, 1.807) is 6.08 Å². The molecule has 0 saturated heterocycles. The molecule has 0 fully saturated rings. The third-order valence-corrected chi connectivity index (χ3v) is 5.84. The number of hydrogen-bond acceptors (Lipinski definition) is 3. The average molecular weight is 474 g/mol. The molecule has 3 aromatic carbocycles. The van der Waals surface area contributed by atoms with Crippen molar-refractivity contribution in [2.75, 3.05) is 6.61 Å². The van der Waals surface area contributed by atoms with Crippen LogP contribution in [0.15, 0.2) is 84.9 Å². The second kappa shape index (κ2) is 11.5. The van der Waals surface area contributed by atoms with Gasteiger partial charge in [0.25, 0.3) is 0 Å². The zero-order valence-electron chi connectivity index (χ0n) is 19.2. The number of aryl methyl sites for hydroxylation is 1. The summed E-state index contributed by atoms with van der Waals surface area (Å²) >= 11 is 6.16. The standard InChI is InChI=1S/C28H28ClN3O2/c1-21(30-27(33)18-17-22-11-3-2-4-12-22)28-31-24-14-6-7-15-25(24)32(28)19-9-10-20-34-26-16-8-5-13-23(26)29/h2-8,11-18,21H,9-10,19-20H2,1H3,(H,30,33)/b18-17-. The Balaban J connectivity index is 1.39. The maximum absolute atomic E-state index is 12.5. The van der Waals surface area contributed by atoms with Crippen LogP contribution in [0.1, 0.15) is 37.2 Å². The van der Waals surface area contributed by atoms with Crippen LogP contribution in [-0.4, -0.2) is 22.1 Å². The molecule has 1 aromatic heterocycles. The Bertz CT molecular complexity index is 1270. The van der Waals surface area contributed by atoms with Crippen molar-refractivity contribution in [3.63, 3.8) is 0 Å². The third-order valence-electron chi connectivity index (χ3n) is 5.53. The van der Waals surface area contributed by atoms with Crippen molar-refractivity contribution in [2.45, 2.75) is 32.4 Å². The molecule has 174 valence electrons. The fraction of sp³-hybridized carbons (Fsp3) is 0.214. The van der Waals surface area contributed by atoms with Gasteiger partial charge in [-0.15, -0.1) is 0 Å². The van der Waals surface area contributed by atoms with E-state index in [4.69, 9.17) is 21.3 Å². The van der Waals surface area contributed by atoms with Crippen molar-refractivity contribution in [1.82, 2.24) is 14.9 Å². The fourth-order valence-electron chi connectivity index (χ4n) is 3.84. The molecule has 0 aliphatic rings. The summed E-state index contributed by atoms with van der Waals surface area (Å²) in [6.07, 6.45) is 5.15. The third kappa shape index (κ3) is 6.06. The van der Waals surface area contributed by atoms with E-state index in [0.717, 1.165) is 41.8 Å². The lowest BCUT2D eigenvalue weighted by molar-refractivity contribution is -0.117. The molecule has 0 radical (unpaired) electrons. The molecule has 34 heavy (non-hydrogen) atoms. The molecule has 0 saturated carbocycles. The van der Waals surface area contributed by atoms with Gasteiger partial charge in [-0.05, 0) is 55.7 Å². The minimum Gasteiger partial charge on any atom is -0.492 e. The lowest BCUT2D eigenvalue weighted by Gasteiger charge is -2.16. The van der Waals surface area contributed by atoms with Crippen LogP contribution in [0.5, 0.6) is 5.75 Å². The Kier molecular flexibility index (Phi) is 7.99. The Morgan fingerprint density at radius 2 is 1.76 bits per heavy atom. The first-order valence-electron chi connectivity index (χ1n) is 11.5. The topological polar surface area (TPSA) is 56.2 Å². The number of unbranched alkanes of at least 4 members (excludes halogenated alkanes) is 1. The number of para-hydroxylation sites is 3. The van der Waals surface area contributed by atoms with Crippen molar-refractivity contribution < 1.29 is 9.53 Å². The molecule has 1 heterocycles. The highest BCUT2D eigenvalue weighted by Gasteiger charge is 2.17. The summed E-state index contributed by atoms with van der Waals surface area (Å²) in [5.41, 5.74) is 2.97. The quantitative estimate of drug-likeness (QED) is 0.213. The number of carbonyl (C=O) groups excluding carboxylic acids is 1. The molecule has 1 amide bonds. The number of halogens is 1. The van der Waals surface area contributed by atoms with E-state index in [2.05, 4.69) is 16.0 Å². The van der Waals surface area contributed by atoms with Crippen LogP contribution < -0.4 is 10.1 Å². The van der Waals surface area contributed by atoms with Gasteiger partial charge in [-0.1, -0.05) is 66.2 Å². The SMILES string of the molecule is CC(NC(=O)/C=C\c1ccccc1)c1nc2ccccc2n1CCCCOc1ccccc1Cl. The van der Waals surface area contributed by atoms with E-state index in [9.17, 15) is 4.79 Å². The lowest BCUT2D eigenvalue weighted by Crippen LogP contribution is -2.27. The summed E-state index contributed by atoms with van der Waals surface area (Å²) in [5.74, 6) is 1.40. The smallest absolute Gasteiger partial charge is 0.244 e. The van der Waals surface area contributed by atoms with Crippen LogP contribution >= 0.6 is 11.6 Å². The van der Waals surface area contributed by atoms with E-state index >= 15 is 0 Å². The maximum Gasteiger partial charge on any atom is 0.244 e. The molecule has 0 aliphatic carbocycles. The molecule has 1 atom stereocenters. The number of nitrogens with zero attached hydrogens (tertiary/aromatic N) is 2. The summed E-state index contributed by atoms with van der Waals surface area (Å²) in [6, 6.07) is 25.1. The van der Waals surface area contributed by atoms with Gasteiger partial charge in [0.15, 0.2) is 0 Å². The van der Waals surface area contributed by atoms with Gasteiger partial charge in [-0.3, -0.25) is 4.79 Å². The molecule has 4 rings (SSSR count). The first-order valence-corrected chi connectivity index (χ1v) is 11.9. The summed E-state index contributed by atoms with van der Waals surface area (Å²) in [5, 5.41) is 3.67. The van der Waals surface area contributed by atoms with Gasteiger partial charge in [0.2, 0.25) is 5.91 Å². The van der Waals surface area contributed by atoms with Crippen LogP contribution in [0.3, 0.4) is 0 Å². The van der Waals surface area contributed by atoms with Crippen LogP contribution in [0.25, 0.3) is 17.1 Å². The van der Waals surface area contributed by atoms with Gasteiger partial charge < -0.3 is 14.6 Å². The zero-order chi connectivity index (χ0) is 23.8. The number of aromatic nitrogens is 2. The highest BCUT2D eigenvalue weighted by atomic mass is 35.5. The predicted molar refractivity (Wildman–Crippen MR) is 138 cm³/mol. The highest BCUT2D eigenvalue weighted by Crippen LogP contribution is 2.24. The Morgan fingerprint density at radius 1 is 1.03 bits per heavy atom. The van der Waals surface area contributed by atoms with Crippen molar-refractivity contribution in [2.24, 2.45) is 0 Å². The summed E-state index contributed by atoms with van der Waals surface area (Å²) in [4.78, 5) is 17.3. The number of ether oxygens (including phenoxy) is 1. The van der Waals surface area contributed by atoms with Gasteiger partial charge >= 0.3 is 0 Å². The normalized spacial score (nSPS) is 12.2. The van der Waals surface area contributed by atoms with Crippen molar-refractivity contribution in [3.05, 3.63) is 101 Å². The molecule has 1 N–H and O–H groups in total. The van der Waals surface area contributed by atoms with Gasteiger partial charge in [0.1, 0.15) is 11.6 Å². The minimum atomic E-state index is -0.236. The number of amides is 1. The van der Waals surface area contributed by atoms with Crippen molar-refractivity contribution in [1.29, 1.82) is 0 Å². The maximum atomic E-state index is 12.5. The fourth-order valence-corrected chi connectivity index (χ4v) is 4.03. The molecule has 0 aliphatic heterocycles. The number of imidazole rings is 1. The second-order valence-corrected chi connectivity index (χ2v) is 8.48. The van der Waals surface area contributed by atoms with E-state index in [-0.39, 0.29) is 11.9 Å². The first kappa shape index (κ1) is 23.6. The molecule has 0 bridgehead atoms. The van der Waals surface area contributed by atoms with Gasteiger partial charge in [-0.2, -0.15) is 0 Å². The largest absolute Gasteiger partial charge is 0.492 e.